The van der Waals surface area contributed by atoms with Crippen molar-refractivity contribution >= 4 is 33.0 Å². The number of carbonyl (C=O) groups is 1. The molecule has 0 radical (unpaired) electrons. The first-order chi connectivity index (χ1) is 12.2. The molecule has 3 rings (SSSR count). The number of ether oxygens (including phenoxy) is 2. The van der Waals surface area contributed by atoms with Gasteiger partial charge in [0, 0.05) is 11.8 Å². The third-order valence-corrected chi connectivity index (χ3v) is 5.47. The number of hydrogen-bond donors (Lipinski definition) is 0. The number of para-hydroxylation sites is 1. The van der Waals surface area contributed by atoms with Gasteiger partial charge in [0.2, 0.25) is 0 Å². The van der Waals surface area contributed by atoms with Crippen LogP contribution >= 0.6 is 11.6 Å². The van der Waals surface area contributed by atoms with Crippen molar-refractivity contribution in [3.05, 3.63) is 47.0 Å². The van der Waals surface area contributed by atoms with Crippen LogP contribution in [-0.2, 0) is 9.84 Å². The number of carbonyl (C=O) groups excluding carboxylic acids is 1. The van der Waals surface area contributed by atoms with Crippen molar-refractivity contribution in [3.8, 4) is 11.5 Å². The van der Waals surface area contributed by atoms with Crippen molar-refractivity contribution in [1.82, 2.24) is 0 Å². The summed E-state index contributed by atoms with van der Waals surface area (Å²) < 4.78 is 34.9. The lowest BCUT2D eigenvalue weighted by Gasteiger charge is -2.34. The molecule has 0 saturated carbocycles. The fourth-order valence-electron chi connectivity index (χ4n) is 2.87. The smallest absolute Gasteiger partial charge is 0.258 e. The number of benzene rings is 2. The van der Waals surface area contributed by atoms with E-state index < -0.39 is 9.84 Å². The SMILES string of the molecule is COc1ccc(C(=O)N2CC(C)Oc3c(Cl)cccc32)cc1S(C)(=O)=O. The van der Waals surface area contributed by atoms with Crippen molar-refractivity contribution in [1.29, 1.82) is 0 Å². The van der Waals surface area contributed by atoms with E-state index in [-0.39, 0.29) is 28.2 Å². The van der Waals surface area contributed by atoms with Crippen LogP contribution in [0.5, 0.6) is 11.5 Å². The highest BCUT2D eigenvalue weighted by Gasteiger charge is 2.30. The zero-order chi connectivity index (χ0) is 19.1. The fraction of sp³-hybridized carbons (Fsp3) is 0.278. The molecule has 1 heterocycles. The molecule has 0 spiro atoms. The normalized spacial score (nSPS) is 16.6. The van der Waals surface area contributed by atoms with E-state index in [4.69, 9.17) is 21.1 Å². The molecular formula is C18H18ClNO5S. The van der Waals surface area contributed by atoms with Gasteiger partial charge in [0.25, 0.3) is 5.91 Å². The lowest BCUT2D eigenvalue weighted by Crippen LogP contribution is -2.42. The predicted molar refractivity (Wildman–Crippen MR) is 99.3 cm³/mol. The summed E-state index contributed by atoms with van der Waals surface area (Å²) in [6.45, 7) is 2.16. The van der Waals surface area contributed by atoms with Crippen LogP contribution in [0.3, 0.4) is 0 Å². The lowest BCUT2D eigenvalue weighted by atomic mass is 10.1. The molecule has 2 aromatic rings. The zero-order valence-electron chi connectivity index (χ0n) is 14.5. The standard InChI is InChI=1S/C18H18ClNO5S/c1-11-10-20(14-6-4-5-13(19)17(14)25-11)18(21)12-7-8-15(24-2)16(9-12)26(3,22)23/h4-9,11H,10H2,1-3H3. The summed E-state index contributed by atoms with van der Waals surface area (Å²) in [5, 5.41) is 0.415. The molecule has 1 amide bonds. The molecule has 0 bridgehead atoms. The Morgan fingerprint density at radius 1 is 1.31 bits per heavy atom. The number of rotatable bonds is 3. The van der Waals surface area contributed by atoms with E-state index in [0.29, 0.717) is 23.0 Å². The molecule has 0 aliphatic carbocycles. The van der Waals surface area contributed by atoms with Crippen molar-refractivity contribution in [2.45, 2.75) is 17.9 Å². The highest BCUT2D eigenvalue weighted by molar-refractivity contribution is 7.90. The average Bonchev–Trinajstić information content (AvgIpc) is 2.60. The molecular weight excluding hydrogens is 378 g/mol. The molecule has 0 N–H and O–H groups in total. The number of nitrogens with zero attached hydrogens (tertiary/aromatic N) is 1. The zero-order valence-corrected chi connectivity index (χ0v) is 16.1. The molecule has 1 aliphatic rings. The number of sulfone groups is 1. The maximum atomic E-state index is 13.1. The quantitative estimate of drug-likeness (QED) is 0.798. The van der Waals surface area contributed by atoms with Gasteiger partial charge in [-0.25, -0.2) is 8.42 Å². The summed E-state index contributed by atoms with van der Waals surface area (Å²) in [5.41, 5.74) is 0.795. The van der Waals surface area contributed by atoms with Crippen molar-refractivity contribution < 1.29 is 22.7 Å². The largest absolute Gasteiger partial charge is 0.495 e. The van der Waals surface area contributed by atoms with Crippen LogP contribution in [0.1, 0.15) is 17.3 Å². The number of amides is 1. The lowest BCUT2D eigenvalue weighted by molar-refractivity contribution is 0.0961. The van der Waals surface area contributed by atoms with E-state index in [1.165, 1.54) is 19.2 Å². The Balaban J connectivity index is 2.07. The molecule has 2 aromatic carbocycles. The Bertz CT molecular complexity index is 974. The summed E-state index contributed by atoms with van der Waals surface area (Å²) in [4.78, 5) is 14.6. The summed E-state index contributed by atoms with van der Waals surface area (Å²) in [6, 6.07) is 9.52. The maximum absolute atomic E-state index is 13.1. The monoisotopic (exact) mass is 395 g/mol. The van der Waals surface area contributed by atoms with E-state index in [9.17, 15) is 13.2 Å². The molecule has 1 aliphatic heterocycles. The topological polar surface area (TPSA) is 72.9 Å². The van der Waals surface area contributed by atoms with E-state index in [1.807, 2.05) is 6.92 Å². The number of halogens is 1. The molecule has 138 valence electrons. The van der Waals surface area contributed by atoms with Crippen LogP contribution in [0.4, 0.5) is 5.69 Å². The van der Waals surface area contributed by atoms with Gasteiger partial charge in [-0.2, -0.15) is 0 Å². The number of fused-ring (bicyclic) bond motifs is 1. The highest BCUT2D eigenvalue weighted by atomic mass is 35.5. The predicted octanol–water partition coefficient (Wildman–Crippen LogP) is 3.18. The minimum atomic E-state index is -3.55. The van der Waals surface area contributed by atoms with Gasteiger partial charge in [0.1, 0.15) is 16.7 Å². The third-order valence-electron chi connectivity index (χ3n) is 4.05. The molecule has 0 fully saturated rings. The summed E-state index contributed by atoms with van der Waals surface area (Å²) in [6.07, 6.45) is 0.823. The van der Waals surface area contributed by atoms with E-state index in [1.54, 1.807) is 29.2 Å². The van der Waals surface area contributed by atoms with Gasteiger partial charge in [0.15, 0.2) is 15.6 Å². The average molecular weight is 396 g/mol. The van der Waals surface area contributed by atoms with Crippen LogP contribution in [-0.4, -0.2) is 40.3 Å². The Hall–Kier alpha value is -2.25. The van der Waals surface area contributed by atoms with Gasteiger partial charge in [-0.15, -0.1) is 0 Å². The van der Waals surface area contributed by atoms with Crippen LogP contribution in [0, 0.1) is 0 Å². The highest BCUT2D eigenvalue weighted by Crippen LogP contribution is 2.40. The van der Waals surface area contributed by atoms with Crippen molar-refractivity contribution in [2.75, 3.05) is 24.8 Å². The minimum absolute atomic E-state index is 0.0292. The fourth-order valence-corrected chi connectivity index (χ4v) is 3.94. The second-order valence-corrected chi connectivity index (χ2v) is 8.46. The van der Waals surface area contributed by atoms with Gasteiger partial charge in [-0.1, -0.05) is 17.7 Å². The second-order valence-electron chi connectivity index (χ2n) is 6.07. The molecule has 0 aromatic heterocycles. The summed E-state index contributed by atoms with van der Waals surface area (Å²) in [7, 11) is -2.17. The Kier molecular flexibility index (Phi) is 4.86. The van der Waals surface area contributed by atoms with E-state index in [0.717, 1.165) is 6.26 Å². The van der Waals surface area contributed by atoms with Gasteiger partial charge in [-0.05, 0) is 37.3 Å². The van der Waals surface area contributed by atoms with E-state index >= 15 is 0 Å². The Labute approximate surface area is 157 Å². The van der Waals surface area contributed by atoms with Gasteiger partial charge < -0.3 is 14.4 Å². The molecule has 1 unspecified atom stereocenters. The van der Waals surface area contributed by atoms with Crippen LogP contribution in [0.2, 0.25) is 5.02 Å². The first-order valence-corrected chi connectivity index (χ1v) is 10.1. The molecule has 8 heteroatoms. The molecule has 0 saturated heterocycles. The van der Waals surface area contributed by atoms with Gasteiger partial charge in [-0.3, -0.25) is 4.79 Å². The third kappa shape index (κ3) is 3.37. The molecule has 26 heavy (non-hydrogen) atoms. The number of anilines is 1. The number of methoxy groups -OCH3 is 1. The minimum Gasteiger partial charge on any atom is -0.495 e. The molecule has 6 nitrogen and oxygen atoms in total. The second kappa shape index (κ2) is 6.81. The van der Waals surface area contributed by atoms with Gasteiger partial charge in [0.05, 0.1) is 24.4 Å². The Morgan fingerprint density at radius 2 is 2.04 bits per heavy atom. The van der Waals surface area contributed by atoms with Crippen LogP contribution in [0.25, 0.3) is 0 Å². The number of hydrogen-bond acceptors (Lipinski definition) is 5. The van der Waals surface area contributed by atoms with Crippen molar-refractivity contribution in [3.63, 3.8) is 0 Å². The van der Waals surface area contributed by atoms with Crippen LogP contribution < -0.4 is 14.4 Å². The van der Waals surface area contributed by atoms with E-state index in [2.05, 4.69) is 0 Å². The first kappa shape index (κ1) is 18.5. The maximum Gasteiger partial charge on any atom is 0.258 e. The van der Waals surface area contributed by atoms with Gasteiger partial charge >= 0.3 is 0 Å². The molecule has 1 atom stereocenters. The summed E-state index contributed by atoms with van der Waals surface area (Å²) >= 11 is 6.19. The van der Waals surface area contributed by atoms with Crippen LogP contribution in [0.15, 0.2) is 41.3 Å². The Morgan fingerprint density at radius 3 is 2.69 bits per heavy atom. The van der Waals surface area contributed by atoms with Crippen molar-refractivity contribution in [2.24, 2.45) is 0 Å². The summed E-state index contributed by atoms with van der Waals surface area (Å²) in [5.74, 6) is 0.303. The first-order valence-electron chi connectivity index (χ1n) is 7.87.